The highest BCUT2D eigenvalue weighted by atomic mass is 15.1. The summed E-state index contributed by atoms with van der Waals surface area (Å²) in [4.78, 5) is 16.8. The van der Waals surface area contributed by atoms with Crippen LogP contribution < -0.4 is 5.32 Å². The number of aromatic nitrogens is 5. The molecule has 6 nitrogen and oxygen atoms in total. The summed E-state index contributed by atoms with van der Waals surface area (Å²) < 4.78 is 2.05. The fraction of sp³-hybridized carbons (Fsp3) is 0.0500. The number of hydrogen-bond acceptors (Lipinski definition) is 4. The van der Waals surface area contributed by atoms with Crippen LogP contribution in [0.5, 0.6) is 0 Å². The van der Waals surface area contributed by atoms with E-state index in [9.17, 15) is 0 Å². The Morgan fingerprint density at radius 1 is 0.923 bits per heavy atom. The van der Waals surface area contributed by atoms with Crippen LogP contribution >= 0.6 is 0 Å². The Labute approximate surface area is 149 Å². The standard InChI is InChI=1S/C20H16N6/c1-2-6-14(7-3-1)19-22-10-15(24-19)11-23-20-18-12-21-13-26(18)17-9-5-4-8-16(17)25-20/h1-10,12-13H,11H2,(H,22,24)(H,23,25). The number of rotatable bonds is 4. The van der Waals surface area contributed by atoms with Gasteiger partial charge in [-0.1, -0.05) is 42.5 Å². The third kappa shape index (κ3) is 2.48. The summed E-state index contributed by atoms with van der Waals surface area (Å²) in [5, 5.41) is 3.40. The molecule has 0 aliphatic carbocycles. The lowest BCUT2D eigenvalue weighted by molar-refractivity contribution is 1.06. The number of nitrogens with zero attached hydrogens (tertiary/aromatic N) is 4. The zero-order valence-electron chi connectivity index (χ0n) is 13.9. The smallest absolute Gasteiger partial charge is 0.153 e. The molecule has 0 aliphatic rings. The molecule has 5 aromatic rings. The van der Waals surface area contributed by atoms with Crippen LogP contribution in [0.1, 0.15) is 5.69 Å². The van der Waals surface area contributed by atoms with E-state index in [-0.39, 0.29) is 0 Å². The topological polar surface area (TPSA) is 70.9 Å². The van der Waals surface area contributed by atoms with E-state index >= 15 is 0 Å². The van der Waals surface area contributed by atoms with E-state index in [1.165, 1.54) is 0 Å². The van der Waals surface area contributed by atoms with Gasteiger partial charge in [0, 0.05) is 5.56 Å². The van der Waals surface area contributed by atoms with E-state index in [0.717, 1.165) is 39.4 Å². The van der Waals surface area contributed by atoms with Gasteiger partial charge in [0.25, 0.3) is 0 Å². The highest BCUT2D eigenvalue weighted by Gasteiger charge is 2.09. The van der Waals surface area contributed by atoms with Gasteiger partial charge in [-0.05, 0) is 12.1 Å². The molecule has 126 valence electrons. The minimum atomic E-state index is 0.603. The second kappa shape index (κ2) is 6.00. The van der Waals surface area contributed by atoms with Crippen molar-refractivity contribution >= 4 is 22.4 Å². The van der Waals surface area contributed by atoms with E-state index in [4.69, 9.17) is 4.98 Å². The quantitative estimate of drug-likeness (QED) is 0.521. The van der Waals surface area contributed by atoms with E-state index in [1.807, 2.05) is 77.7 Å². The number of anilines is 1. The van der Waals surface area contributed by atoms with Gasteiger partial charge in [-0.3, -0.25) is 4.40 Å². The lowest BCUT2D eigenvalue weighted by atomic mass is 10.2. The van der Waals surface area contributed by atoms with Crippen LogP contribution in [0.15, 0.2) is 73.3 Å². The Bertz CT molecular complexity index is 1190. The maximum Gasteiger partial charge on any atom is 0.153 e. The van der Waals surface area contributed by atoms with Crippen LogP contribution in [-0.4, -0.2) is 24.3 Å². The number of aromatic amines is 1. The maximum absolute atomic E-state index is 4.75. The van der Waals surface area contributed by atoms with Crippen LogP contribution in [0, 0.1) is 0 Å². The summed E-state index contributed by atoms with van der Waals surface area (Å²) in [5.74, 6) is 1.67. The number of benzene rings is 2. The Morgan fingerprint density at radius 2 is 1.77 bits per heavy atom. The SMILES string of the molecule is c1ccc(-c2ncc(CNc3nc4ccccc4n4cncc34)[nH]2)cc1. The van der Waals surface area contributed by atoms with E-state index < -0.39 is 0 Å². The van der Waals surface area contributed by atoms with Crippen molar-refractivity contribution in [2.75, 3.05) is 5.32 Å². The van der Waals surface area contributed by atoms with Gasteiger partial charge < -0.3 is 10.3 Å². The van der Waals surface area contributed by atoms with Gasteiger partial charge in [-0.2, -0.15) is 0 Å². The molecule has 5 rings (SSSR count). The minimum absolute atomic E-state index is 0.603. The van der Waals surface area contributed by atoms with Gasteiger partial charge in [0.1, 0.15) is 11.3 Å². The minimum Gasteiger partial charge on any atom is -0.363 e. The predicted molar refractivity (Wildman–Crippen MR) is 102 cm³/mol. The second-order valence-electron chi connectivity index (χ2n) is 6.07. The number of hydrogen-bond donors (Lipinski definition) is 2. The van der Waals surface area contributed by atoms with E-state index in [2.05, 4.69) is 20.3 Å². The number of nitrogens with one attached hydrogen (secondary N) is 2. The molecule has 0 amide bonds. The first-order chi connectivity index (χ1) is 12.9. The number of H-pyrrole nitrogens is 1. The molecule has 0 aliphatic heterocycles. The molecule has 0 fully saturated rings. The summed E-state index contributed by atoms with van der Waals surface area (Å²) in [5.41, 5.74) is 4.98. The van der Waals surface area contributed by atoms with Gasteiger partial charge in [-0.25, -0.2) is 15.0 Å². The Morgan fingerprint density at radius 3 is 2.69 bits per heavy atom. The lowest BCUT2D eigenvalue weighted by Gasteiger charge is -2.09. The second-order valence-corrected chi connectivity index (χ2v) is 6.07. The van der Waals surface area contributed by atoms with Crippen molar-refractivity contribution in [3.8, 4) is 11.4 Å². The Kier molecular flexibility index (Phi) is 3.38. The van der Waals surface area contributed by atoms with E-state index in [0.29, 0.717) is 6.54 Å². The monoisotopic (exact) mass is 340 g/mol. The molecule has 0 bridgehead atoms. The lowest BCUT2D eigenvalue weighted by Crippen LogP contribution is -2.04. The first-order valence-corrected chi connectivity index (χ1v) is 8.42. The van der Waals surface area contributed by atoms with Crippen molar-refractivity contribution in [1.82, 2.24) is 24.3 Å². The molecular formula is C20H16N6. The summed E-state index contributed by atoms with van der Waals surface area (Å²) in [6, 6.07) is 18.1. The van der Waals surface area contributed by atoms with Crippen molar-refractivity contribution in [1.29, 1.82) is 0 Å². The molecule has 26 heavy (non-hydrogen) atoms. The van der Waals surface area contributed by atoms with Crippen LogP contribution in [0.2, 0.25) is 0 Å². The highest BCUT2D eigenvalue weighted by Crippen LogP contribution is 2.22. The van der Waals surface area contributed by atoms with Gasteiger partial charge in [-0.15, -0.1) is 0 Å². The molecule has 0 atom stereocenters. The third-order valence-electron chi connectivity index (χ3n) is 4.38. The Hall–Kier alpha value is -3.67. The fourth-order valence-electron chi connectivity index (χ4n) is 3.10. The number of imidazole rings is 2. The first kappa shape index (κ1) is 14.7. The van der Waals surface area contributed by atoms with Gasteiger partial charge >= 0.3 is 0 Å². The molecule has 3 aromatic heterocycles. The third-order valence-corrected chi connectivity index (χ3v) is 4.38. The molecule has 0 saturated heterocycles. The predicted octanol–water partition coefficient (Wildman–Crippen LogP) is 3.88. The summed E-state index contributed by atoms with van der Waals surface area (Å²) in [7, 11) is 0. The van der Waals surface area contributed by atoms with Crippen molar-refractivity contribution < 1.29 is 0 Å². The zero-order chi connectivity index (χ0) is 17.3. The molecular weight excluding hydrogens is 324 g/mol. The summed E-state index contributed by atoms with van der Waals surface area (Å²) in [6.07, 6.45) is 5.49. The largest absolute Gasteiger partial charge is 0.363 e. The number of fused-ring (bicyclic) bond motifs is 3. The zero-order valence-corrected chi connectivity index (χ0v) is 13.9. The van der Waals surface area contributed by atoms with Crippen molar-refractivity contribution in [2.45, 2.75) is 6.54 Å². The molecule has 6 heteroatoms. The van der Waals surface area contributed by atoms with E-state index in [1.54, 1.807) is 0 Å². The summed E-state index contributed by atoms with van der Waals surface area (Å²) >= 11 is 0. The normalized spacial score (nSPS) is 11.2. The molecule has 0 unspecified atom stereocenters. The van der Waals surface area contributed by atoms with Gasteiger partial charge in [0.2, 0.25) is 0 Å². The fourth-order valence-corrected chi connectivity index (χ4v) is 3.10. The van der Waals surface area contributed by atoms with Gasteiger partial charge in [0.15, 0.2) is 5.82 Å². The molecule has 2 N–H and O–H groups in total. The average Bonchev–Trinajstić information content (AvgIpc) is 3.37. The van der Waals surface area contributed by atoms with Crippen LogP contribution in [0.4, 0.5) is 5.82 Å². The summed E-state index contributed by atoms with van der Waals surface area (Å²) in [6.45, 7) is 0.603. The number of para-hydroxylation sites is 2. The first-order valence-electron chi connectivity index (χ1n) is 8.42. The van der Waals surface area contributed by atoms with Crippen molar-refractivity contribution in [3.63, 3.8) is 0 Å². The van der Waals surface area contributed by atoms with Crippen molar-refractivity contribution in [3.05, 3.63) is 79.0 Å². The molecule has 0 saturated carbocycles. The van der Waals surface area contributed by atoms with Crippen molar-refractivity contribution in [2.24, 2.45) is 0 Å². The van der Waals surface area contributed by atoms with Crippen LogP contribution in [0.3, 0.4) is 0 Å². The van der Waals surface area contributed by atoms with Gasteiger partial charge in [0.05, 0.1) is 42.0 Å². The average molecular weight is 340 g/mol. The van der Waals surface area contributed by atoms with Crippen LogP contribution in [0.25, 0.3) is 27.9 Å². The molecule has 0 spiro atoms. The van der Waals surface area contributed by atoms with Crippen LogP contribution in [-0.2, 0) is 6.54 Å². The maximum atomic E-state index is 4.75. The molecule has 0 radical (unpaired) electrons. The highest BCUT2D eigenvalue weighted by molar-refractivity contribution is 5.84. The molecule has 3 heterocycles. The molecule has 2 aromatic carbocycles. The Balaban J connectivity index is 1.45.